The van der Waals surface area contributed by atoms with Crippen LogP contribution in [0.25, 0.3) is 0 Å². The van der Waals surface area contributed by atoms with E-state index in [4.69, 9.17) is 18.9 Å². The monoisotopic (exact) mass is 433 g/mol. The Labute approximate surface area is 188 Å². The number of ether oxygens (including phenoxy) is 4. The lowest BCUT2D eigenvalue weighted by atomic mass is 10.1. The number of benzene rings is 3. The van der Waals surface area contributed by atoms with Crippen molar-refractivity contribution in [3.63, 3.8) is 0 Å². The first-order valence-corrected chi connectivity index (χ1v) is 10.5. The minimum Gasteiger partial charge on any atom is -0.496 e. The number of aryl methyl sites for hydroxylation is 2. The second-order valence-electron chi connectivity index (χ2n) is 7.83. The molecule has 166 valence electrons. The molecule has 0 atom stereocenters. The molecule has 6 nitrogen and oxygen atoms in total. The zero-order chi connectivity index (χ0) is 22.7. The summed E-state index contributed by atoms with van der Waals surface area (Å²) in [6, 6.07) is 14.8. The molecule has 0 aliphatic carbocycles. The molecule has 6 heteroatoms. The van der Waals surface area contributed by atoms with Crippen LogP contribution in [0.5, 0.6) is 23.0 Å². The van der Waals surface area contributed by atoms with Gasteiger partial charge in [-0.15, -0.1) is 0 Å². The van der Waals surface area contributed by atoms with Crippen molar-refractivity contribution in [2.75, 3.05) is 25.6 Å². The Morgan fingerprint density at radius 3 is 2.50 bits per heavy atom. The first kappa shape index (κ1) is 21.6. The van der Waals surface area contributed by atoms with Crippen LogP contribution in [0.2, 0.25) is 0 Å². The fraction of sp³-hybridized carbons (Fsp3) is 0.269. The Bertz CT molecular complexity index is 1160. The quantitative estimate of drug-likeness (QED) is 0.577. The molecule has 1 amide bonds. The lowest BCUT2D eigenvalue weighted by molar-refractivity contribution is 0.102. The van der Waals surface area contributed by atoms with Crippen molar-refractivity contribution in [3.8, 4) is 23.0 Å². The second-order valence-corrected chi connectivity index (χ2v) is 7.83. The number of carbonyl (C=O) groups is 1. The van der Waals surface area contributed by atoms with Crippen molar-refractivity contribution in [1.82, 2.24) is 0 Å². The summed E-state index contributed by atoms with van der Waals surface area (Å²) < 4.78 is 22.7. The number of rotatable bonds is 6. The largest absolute Gasteiger partial charge is 0.496 e. The topological polar surface area (TPSA) is 66.0 Å². The average molecular weight is 434 g/mol. The number of anilines is 1. The maximum atomic E-state index is 12.9. The van der Waals surface area contributed by atoms with Gasteiger partial charge < -0.3 is 24.3 Å². The van der Waals surface area contributed by atoms with Gasteiger partial charge >= 0.3 is 0 Å². The summed E-state index contributed by atoms with van der Waals surface area (Å²) in [5.74, 6) is 2.58. The van der Waals surface area contributed by atoms with Crippen molar-refractivity contribution >= 4 is 11.6 Å². The molecule has 0 fully saturated rings. The molecular weight excluding hydrogens is 406 g/mol. The zero-order valence-electron chi connectivity index (χ0n) is 18.8. The fourth-order valence-electron chi connectivity index (χ4n) is 3.66. The predicted molar refractivity (Wildman–Crippen MR) is 123 cm³/mol. The highest BCUT2D eigenvalue weighted by Crippen LogP contribution is 2.33. The third-order valence-corrected chi connectivity index (χ3v) is 5.49. The maximum Gasteiger partial charge on any atom is 0.255 e. The van der Waals surface area contributed by atoms with Crippen molar-refractivity contribution in [1.29, 1.82) is 0 Å². The van der Waals surface area contributed by atoms with E-state index in [9.17, 15) is 4.79 Å². The van der Waals surface area contributed by atoms with Crippen LogP contribution in [0.1, 0.15) is 32.6 Å². The van der Waals surface area contributed by atoms with Gasteiger partial charge in [0.05, 0.1) is 7.11 Å². The van der Waals surface area contributed by atoms with Crippen LogP contribution in [-0.4, -0.2) is 26.2 Å². The Morgan fingerprint density at radius 2 is 1.72 bits per heavy atom. The van der Waals surface area contributed by atoms with E-state index in [1.165, 1.54) is 5.56 Å². The summed E-state index contributed by atoms with van der Waals surface area (Å²) in [6.07, 6.45) is 0. The molecule has 0 aromatic heterocycles. The lowest BCUT2D eigenvalue weighted by Crippen LogP contribution is -2.16. The highest BCUT2D eigenvalue weighted by atomic mass is 16.6. The number of nitrogens with one attached hydrogen (secondary N) is 1. The molecule has 0 unspecified atom stereocenters. The van der Waals surface area contributed by atoms with Crippen LogP contribution in [0.15, 0.2) is 48.5 Å². The minimum absolute atomic E-state index is 0.229. The Kier molecular flexibility index (Phi) is 6.21. The van der Waals surface area contributed by atoms with Gasteiger partial charge in [0, 0.05) is 22.9 Å². The van der Waals surface area contributed by atoms with Gasteiger partial charge in [0.25, 0.3) is 5.91 Å². The molecule has 0 saturated heterocycles. The summed E-state index contributed by atoms with van der Waals surface area (Å²) in [4.78, 5) is 12.9. The normalized spacial score (nSPS) is 12.2. The number of hydrogen-bond donors (Lipinski definition) is 1. The van der Waals surface area contributed by atoms with Crippen LogP contribution in [-0.2, 0) is 6.61 Å². The standard InChI is InChI=1S/C26H27NO5/c1-16-11-17(2)18(3)24(12-16)32-15-20-13-19(5-7-22(20)29-4)26(28)27-21-6-8-23-25(14-21)31-10-9-30-23/h5-8,11-14H,9-10,15H2,1-4H3,(H,27,28). The molecule has 1 aliphatic heterocycles. The number of carbonyl (C=O) groups excluding carboxylic acids is 1. The van der Waals surface area contributed by atoms with Crippen molar-refractivity contribution < 1.29 is 23.7 Å². The van der Waals surface area contributed by atoms with E-state index in [1.54, 1.807) is 43.5 Å². The minimum atomic E-state index is -0.229. The van der Waals surface area contributed by atoms with Crippen LogP contribution in [0.3, 0.4) is 0 Å². The first-order chi connectivity index (χ1) is 15.4. The van der Waals surface area contributed by atoms with Gasteiger partial charge in [0.15, 0.2) is 11.5 Å². The van der Waals surface area contributed by atoms with Gasteiger partial charge in [-0.25, -0.2) is 0 Å². The highest BCUT2D eigenvalue weighted by Gasteiger charge is 2.15. The molecule has 0 radical (unpaired) electrons. The molecular formula is C26H27NO5. The van der Waals surface area contributed by atoms with Gasteiger partial charge in [-0.1, -0.05) is 6.07 Å². The average Bonchev–Trinajstić information content (AvgIpc) is 2.80. The fourth-order valence-corrected chi connectivity index (χ4v) is 3.66. The third kappa shape index (κ3) is 4.64. The van der Waals surface area contributed by atoms with E-state index in [-0.39, 0.29) is 12.5 Å². The van der Waals surface area contributed by atoms with Gasteiger partial charge in [-0.05, 0) is 73.9 Å². The predicted octanol–water partition coefficient (Wildman–Crippen LogP) is 5.22. The third-order valence-electron chi connectivity index (χ3n) is 5.49. The Morgan fingerprint density at radius 1 is 0.938 bits per heavy atom. The summed E-state index contributed by atoms with van der Waals surface area (Å²) in [7, 11) is 1.61. The van der Waals surface area contributed by atoms with E-state index in [1.807, 2.05) is 19.9 Å². The van der Waals surface area contributed by atoms with Gasteiger partial charge in [-0.2, -0.15) is 0 Å². The summed E-state index contributed by atoms with van der Waals surface area (Å²) >= 11 is 0. The van der Waals surface area contributed by atoms with E-state index in [2.05, 4.69) is 18.3 Å². The molecule has 1 N–H and O–H groups in total. The summed E-state index contributed by atoms with van der Waals surface area (Å²) in [5.41, 5.74) is 5.36. The van der Waals surface area contributed by atoms with Crippen LogP contribution in [0, 0.1) is 20.8 Å². The van der Waals surface area contributed by atoms with Gasteiger partial charge in [-0.3, -0.25) is 4.79 Å². The molecule has 3 aromatic rings. The number of amides is 1. The van der Waals surface area contributed by atoms with Crippen LogP contribution in [0.4, 0.5) is 5.69 Å². The molecule has 0 bridgehead atoms. The van der Waals surface area contributed by atoms with Crippen molar-refractivity contribution in [2.24, 2.45) is 0 Å². The van der Waals surface area contributed by atoms with Crippen LogP contribution < -0.4 is 24.3 Å². The summed E-state index contributed by atoms with van der Waals surface area (Å²) in [6.45, 7) is 7.46. The molecule has 3 aromatic carbocycles. The maximum absolute atomic E-state index is 12.9. The Hall–Kier alpha value is -3.67. The SMILES string of the molecule is COc1ccc(C(=O)Nc2ccc3c(c2)OCCO3)cc1COc1cc(C)cc(C)c1C. The van der Waals surface area contributed by atoms with E-state index >= 15 is 0 Å². The second kappa shape index (κ2) is 9.22. The molecule has 32 heavy (non-hydrogen) atoms. The van der Waals surface area contributed by atoms with E-state index in [0.717, 1.165) is 22.4 Å². The molecule has 0 saturated carbocycles. The zero-order valence-corrected chi connectivity index (χ0v) is 18.8. The summed E-state index contributed by atoms with van der Waals surface area (Å²) in [5, 5.41) is 2.91. The molecule has 1 heterocycles. The number of methoxy groups -OCH3 is 1. The number of hydrogen-bond acceptors (Lipinski definition) is 5. The number of fused-ring (bicyclic) bond motifs is 1. The molecule has 4 rings (SSSR count). The van der Waals surface area contributed by atoms with Crippen molar-refractivity contribution in [2.45, 2.75) is 27.4 Å². The van der Waals surface area contributed by atoms with E-state index in [0.29, 0.717) is 41.7 Å². The first-order valence-electron chi connectivity index (χ1n) is 10.5. The van der Waals surface area contributed by atoms with Gasteiger partial charge in [0.2, 0.25) is 0 Å². The van der Waals surface area contributed by atoms with E-state index < -0.39 is 0 Å². The van der Waals surface area contributed by atoms with Crippen molar-refractivity contribution in [3.05, 3.63) is 76.3 Å². The smallest absolute Gasteiger partial charge is 0.255 e. The van der Waals surface area contributed by atoms with Gasteiger partial charge in [0.1, 0.15) is 31.3 Å². The Balaban J connectivity index is 1.52. The molecule has 0 spiro atoms. The van der Waals surface area contributed by atoms with Crippen LogP contribution >= 0.6 is 0 Å². The highest BCUT2D eigenvalue weighted by molar-refractivity contribution is 6.04. The molecule has 1 aliphatic rings. The lowest BCUT2D eigenvalue weighted by Gasteiger charge is -2.19.